The summed E-state index contributed by atoms with van der Waals surface area (Å²) in [7, 11) is 2.16. The summed E-state index contributed by atoms with van der Waals surface area (Å²) >= 11 is 0. The van der Waals surface area contributed by atoms with Crippen molar-refractivity contribution in [2.75, 3.05) is 0 Å². The van der Waals surface area contributed by atoms with Crippen LogP contribution in [0.4, 0.5) is 0 Å². The molecule has 0 radical (unpaired) electrons. The van der Waals surface area contributed by atoms with E-state index in [1.54, 1.807) is 0 Å². The standard InChI is InChI=1S/C22H17N4/c1-24-21-17-11-6-5-8-15(17)14-25(21)20-19-18(12-7-13-23-19)26(22(20)24)16-9-3-2-4-10-16/h2-13H,14H2,1H3/q+1. The number of fused-ring (bicyclic) bond motifs is 7. The highest BCUT2D eigenvalue weighted by Gasteiger charge is 2.35. The third-order valence-corrected chi connectivity index (χ3v) is 5.44. The van der Waals surface area contributed by atoms with E-state index in [1.807, 2.05) is 12.3 Å². The zero-order chi connectivity index (χ0) is 17.3. The zero-order valence-electron chi connectivity index (χ0n) is 14.4. The van der Waals surface area contributed by atoms with E-state index >= 15 is 0 Å². The van der Waals surface area contributed by atoms with Crippen LogP contribution in [0.15, 0.2) is 72.9 Å². The molecule has 4 heteroatoms. The molecule has 0 atom stereocenters. The molecule has 1 aliphatic rings. The summed E-state index contributed by atoms with van der Waals surface area (Å²) in [6, 6.07) is 23.4. The van der Waals surface area contributed by atoms with Crippen molar-refractivity contribution in [3.63, 3.8) is 0 Å². The molecule has 0 bridgehead atoms. The molecule has 4 heterocycles. The Kier molecular flexibility index (Phi) is 2.57. The Bertz CT molecular complexity index is 1310. The Morgan fingerprint density at radius 2 is 1.73 bits per heavy atom. The lowest BCUT2D eigenvalue weighted by atomic mass is 10.1. The molecule has 3 aromatic heterocycles. The van der Waals surface area contributed by atoms with Gasteiger partial charge < -0.3 is 0 Å². The topological polar surface area (TPSA) is 26.6 Å². The van der Waals surface area contributed by atoms with Crippen LogP contribution in [0, 0.1) is 0 Å². The Labute approximate surface area is 150 Å². The molecule has 2 aromatic carbocycles. The van der Waals surface area contributed by atoms with Gasteiger partial charge in [-0.2, -0.15) is 0 Å². The van der Waals surface area contributed by atoms with Crippen LogP contribution in [0.2, 0.25) is 0 Å². The van der Waals surface area contributed by atoms with Gasteiger partial charge in [-0.3, -0.25) is 0 Å². The summed E-state index contributed by atoms with van der Waals surface area (Å²) in [6.07, 6.45) is 1.89. The number of hydrogen-bond donors (Lipinski definition) is 0. The van der Waals surface area contributed by atoms with Crippen LogP contribution in [0.25, 0.3) is 39.3 Å². The molecular formula is C22H17N4+. The largest absolute Gasteiger partial charge is 0.276 e. The molecule has 5 aromatic rings. The number of imidazole rings is 1. The highest BCUT2D eigenvalue weighted by Crippen LogP contribution is 2.37. The van der Waals surface area contributed by atoms with Gasteiger partial charge in [-0.25, -0.2) is 18.7 Å². The van der Waals surface area contributed by atoms with Crippen LogP contribution in [-0.4, -0.2) is 14.1 Å². The minimum Gasteiger partial charge on any atom is -0.249 e. The normalized spacial score (nSPS) is 12.7. The van der Waals surface area contributed by atoms with Gasteiger partial charge in [0.05, 0.1) is 19.2 Å². The number of benzene rings is 2. The molecule has 0 unspecified atom stereocenters. The zero-order valence-corrected chi connectivity index (χ0v) is 14.4. The van der Waals surface area contributed by atoms with Crippen molar-refractivity contribution in [2.45, 2.75) is 6.54 Å². The summed E-state index contributed by atoms with van der Waals surface area (Å²) in [6.45, 7) is 0.896. The van der Waals surface area contributed by atoms with Gasteiger partial charge in [0.15, 0.2) is 0 Å². The molecular weight excluding hydrogens is 320 g/mol. The predicted octanol–water partition coefficient (Wildman–Crippen LogP) is 3.83. The van der Waals surface area contributed by atoms with Crippen molar-refractivity contribution in [1.82, 2.24) is 14.1 Å². The number of nitrogens with zero attached hydrogens (tertiary/aromatic N) is 4. The van der Waals surface area contributed by atoms with E-state index in [1.165, 1.54) is 28.1 Å². The lowest BCUT2D eigenvalue weighted by Crippen LogP contribution is -2.31. The predicted molar refractivity (Wildman–Crippen MR) is 102 cm³/mol. The highest BCUT2D eigenvalue weighted by atomic mass is 15.2. The summed E-state index contributed by atoms with van der Waals surface area (Å²) < 4.78 is 7.05. The number of pyridine rings is 1. The van der Waals surface area contributed by atoms with Gasteiger partial charge in [0.25, 0.3) is 5.65 Å². The molecule has 0 amide bonds. The van der Waals surface area contributed by atoms with E-state index in [0.29, 0.717) is 0 Å². The first kappa shape index (κ1) is 13.8. The van der Waals surface area contributed by atoms with E-state index in [-0.39, 0.29) is 0 Å². The summed E-state index contributed by atoms with van der Waals surface area (Å²) in [5.41, 5.74) is 8.44. The second-order valence-electron chi connectivity index (χ2n) is 6.84. The first-order valence-electron chi connectivity index (χ1n) is 8.86. The van der Waals surface area contributed by atoms with E-state index in [2.05, 4.69) is 81.4 Å². The van der Waals surface area contributed by atoms with Crippen molar-refractivity contribution >= 4 is 22.2 Å². The Hall–Kier alpha value is -3.40. The van der Waals surface area contributed by atoms with E-state index in [0.717, 1.165) is 23.3 Å². The van der Waals surface area contributed by atoms with Crippen LogP contribution in [0.3, 0.4) is 0 Å². The molecule has 0 fully saturated rings. The van der Waals surface area contributed by atoms with Gasteiger partial charge in [0.1, 0.15) is 16.7 Å². The van der Waals surface area contributed by atoms with Crippen LogP contribution < -0.4 is 4.57 Å². The Morgan fingerprint density at radius 1 is 0.923 bits per heavy atom. The first-order chi connectivity index (χ1) is 12.8. The van der Waals surface area contributed by atoms with Gasteiger partial charge >= 0.3 is 0 Å². The quantitative estimate of drug-likeness (QED) is 0.419. The van der Waals surface area contributed by atoms with E-state index in [9.17, 15) is 0 Å². The molecule has 0 aliphatic carbocycles. The van der Waals surface area contributed by atoms with Crippen LogP contribution in [0.1, 0.15) is 5.56 Å². The minimum absolute atomic E-state index is 0.896. The fourth-order valence-corrected chi connectivity index (χ4v) is 4.40. The molecule has 26 heavy (non-hydrogen) atoms. The number of rotatable bonds is 1. The summed E-state index contributed by atoms with van der Waals surface area (Å²) in [4.78, 5) is 4.75. The Morgan fingerprint density at radius 3 is 2.62 bits per heavy atom. The van der Waals surface area contributed by atoms with E-state index < -0.39 is 0 Å². The van der Waals surface area contributed by atoms with Gasteiger partial charge in [0.2, 0.25) is 11.3 Å². The second-order valence-corrected chi connectivity index (χ2v) is 6.84. The number of aromatic nitrogens is 4. The second kappa shape index (κ2) is 4.82. The third-order valence-electron chi connectivity index (χ3n) is 5.44. The molecule has 6 rings (SSSR count). The summed E-state index contributed by atoms with van der Waals surface area (Å²) in [5, 5.41) is 0. The molecule has 0 saturated heterocycles. The average Bonchev–Trinajstić information content (AvgIpc) is 3.31. The van der Waals surface area contributed by atoms with Crippen LogP contribution in [-0.2, 0) is 13.6 Å². The van der Waals surface area contributed by atoms with Crippen LogP contribution in [0.5, 0.6) is 0 Å². The fourth-order valence-electron chi connectivity index (χ4n) is 4.40. The maximum atomic E-state index is 4.75. The summed E-state index contributed by atoms with van der Waals surface area (Å²) in [5.74, 6) is 1.25. The van der Waals surface area contributed by atoms with Crippen molar-refractivity contribution in [3.8, 4) is 17.1 Å². The van der Waals surface area contributed by atoms with Crippen molar-refractivity contribution in [3.05, 3.63) is 78.5 Å². The number of hydrogen-bond acceptors (Lipinski definition) is 1. The Balaban J connectivity index is 1.83. The maximum absolute atomic E-state index is 4.75. The van der Waals surface area contributed by atoms with Gasteiger partial charge in [-0.1, -0.05) is 36.4 Å². The lowest BCUT2D eigenvalue weighted by Gasteiger charge is -2.03. The molecule has 0 N–H and O–H groups in total. The van der Waals surface area contributed by atoms with Crippen molar-refractivity contribution < 1.29 is 4.57 Å². The van der Waals surface area contributed by atoms with Crippen LogP contribution >= 0.6 is 0 Å². The average molecular weight is 337 g/mol. The van der Waals surface area contributed by atoms with Crippen molar-refractivity contribution in [2.24, 2.45) is 7.05 Å². The molecule has 4 nitrogen and oxygen atoms in total. The van der Waals surface area contributed by atoms with E-state index in [4.69, 9.17) is 4.98 Å². The first-order valence-corrected chi connectivity index (χ1v) is 8.86. The molecule has 124 valence electrons. The van der Waals surface area contributed by atoms with Gasteiger partial charge in [0, 0.05) is 6.20 Å². The minimum atomic E-state index is 0.896. The maximum Gasteiger partial charge on any atom is 0.276 e. The smallest absolute Gasteiger partial charge is 0.249 e. The van der Waals surface area contributed by atoms with Gasteiger partial charge in [-0.15, -0.1) is 0 Å². The van der Waals surface area contributed by atoms with Crippen molar-refractivity contribution in [1.29, 1.82) is 0 Å². The highest BCUT2D eigenvalue weighted by molar-refractivity contribution is 6.03. The SMILES string of the molecule is C[n+]1c2n(c3c4ncccc4n(-c4ccccc4)c31)Cc1ccccc1-2. The monoisotopic (exact) mass is 337 g/mol. The molecule has 0 saturated carbocycles. The number of aryl methyl sites for hydroxylation is 1. The van der Waals surface area contributed by atoms with Gasteiger partial charge in [-0.05, 0) is 35.9 Å². The lowest BCUT2D eigenvalue weighted by molar-refractivity contribution is -0.636. The third kappa shape index (κ3) is 1.59. The number of para-hydroxylation sites is 1. The molecule has 0 spiro atoms. The molecule has 1 aliphatic heterocycles. The fraction of sp³-hybridized carbons (Fsp3) is 0.0909.